The van der Waals surface area contributed by atoms with Gasteiger partial charge in [-0.2, -0.15) is 0 Å². The van der Waals surface area contributed by atoms with E-state index in [9.17, 15) is 4.79 Å². The van der Waals surface area contributed by atoms with Crippen LogP contribution in [0.3, 0.4) is 0 Å². The van der Waals surface area contributed by atoms with Crippen LogP contribution in [0.4, 0.5) is 0 Å². The van der Waals surface area contributed by atoms with E-state index in [0.29, 0.717) is 30.2 Å². The molecule has 2 aromatic rings. The molecule has 1 aliphatic heterocycles. The van der Waals surface area contributed by atoms with Gasteiger partial charge in [-0.25, -0.2) is 0 Å². The zero-order valence-corrected chi connectivity index (χ0v) is 18.3. The third-order valence-corrected chi connectivity index (χ3v) is 5.11. The summed E-state index contributed by atoms with van der Waals surface area (Å²) in [6.45, 7) is 9.71. The molecule has 6 heteroatoms. The number of nitrogens with zero attached hydrogens (tertiary/aromatic N) is 1. The van der Waals surface area contributed by atoms with E-state index < -0.39 is 0 Å². The largest absolute Gasteiger partial charge is 0.492 e. The first-order chi connectivity index (χ1) is 14.5. The van der Waals surface area contributed by atoms with Crippen LogP contribution in [-0.2, 0) is 4.74 Å². The van der Waals surface area contributed by atoms with Crippen molar-refractivity contribution in [1.29, 1.82) is 0 Å². The third kappa shape index (κ3) is 5.52. The van der Waals surface area contributed by atoms with Gasteiger partial charge in [-0.05, 0) is 38.5 Å². The Labute approximate surface area is 179 Å². The van der Waals surface area contributed by atoms with Crippen LogP contribution in [0.2, 0.25) is 0 Å². The van der Waals surface area contributed by atoms with Gasteiger partial charge in [-0.1, -0.05) is 30.3 Å². The van der Waals surface area contributed by atoms with Gasteiger partial charge in [0.15, 0.2) is 11.5 Å². The normalized spacial score (nSPS) is 19.3. The maximum Gasteiger partial charge on any atom is 0.251 e. The summed E-state index contributed by atoms with van der Waals surface area (Å²) in [4.78, 5) is 15.2. The first-order valence-corrected chi connectivity index (χ1v) is 10.6. The second-order valence-electron chi connectivity index (χ2n) is 7.63. The lowest BCUT2D eigenvalue weighted by molar-refractivity contribution is -0.0672. The van der Waals surface area contributed by atoms with E-state index in [1.807, 2.05) is 43.3 Å². The number of morpholine rings is 1. The molecule has 1 amide bonds. The lowest BCUT2D eigenvalue weighted by atomic mass is 10.0. The van der Waals surface area contributed by atoms with Gasteiger partial charge in [-0.3, -0.25) is 9.69 Å². The molecule has 2 atom stereocenters. The van der Waals surface area contributed by atoms with Crippen LogP contribution >= 0.6 is 0 Å². The summed E-state index contributed by atoms with van der Waals surface area (Å²) in [5.41, 5.74) is 2.37. The van der Waals surface area contributed by atoms with Crippen LogP contribution in [0, 0.1) is 0 Å². The minimum Gasteiger partial charge on any atom is -0.492 e. The molecular formula is C24H32N2O4. The molecule has 1 aliphatic rings. The Balaban J connectivity index is 1.75. The zero-order valence-electron chi connectivity index (χ0n) is 18.3. The van der Waals surface area contributed by atoms with Gasteiger partial charge < -0.3 is 19.5 Å². The summed E-state index contributed by atoms with van der Waals surface area (Å²) >= 11 is 0. The van der Waals surface area contributed by atoms with Crippen LogP contribution in [0.25, 0.3) is 11.1 Å². The number of hydrogen-bond acceptors (Lipinski definition) is 5. The highest BCUT2D eigenvalue weighted by Gasteiger charge is 2.22. The van der Waals surface area contributed by atoms with Gasteiger partial charge in [-0.15, -0.1) is 0 Å². The molecule has 1 fully saturated rings. The number of carbonyl (C=O) groups excluding carboxylic acids is 1. The number of rotatable bonds is 8. The topological polar surface area (TPSA) is 60.0 Å². The minimum atomic E-state index is -0.120. The molecule has 1 heterocycles. The Bertz CT molecular complexity index is 831. The fraction of sp³-hybridized carbons (Fsp3) is 0.458. The van der Waals surface area contributed by atoms with Gasteiger partial charge in [0, 0.05) is 37.3 Å². The molecule has 0 bridgehead atoms. The second kappa shape index (κ2) is 10.5. The Morgan fingerprint density at radius 1 is 1.17 bits per heavy atom. The van der Waals surface area contributed by atoms with Crippen LogP contribution < -0.4 is 14.8 Å². The number of carbonyl (C=O) groups is 1. The highest BCUT2D eigenvalue weighted by molar-refractivity contribution is 5.97. The zero-order chi connectivity index (χ0) is 21.5. The molecule has 3 rings (SSSR count). The Morgan fingerprint density at radius 2 is 1.87 bits per heavy atom. The van der Waals surface area contributed by atoms with Crippen LogP contribution in [0.1, 0.15) is 31.1 Å². The first-order valence-electron chi connectivity index (χ1n) is 10.6. The summed E-state index contributed by atoms with van der Waals surface area (Å²) in [6.07, 6.45) is 0.432. The highest BCUT2D eigenvalue weighted by Crippen LogP contribution is 2.39. The lowest BCUT2D eigenvalue weighted by Gasteiger charge is -2.35. The van der Waals surface area contributed by atoms with E-state index in [1.54, 1.807) is 13.2 Å². The standard InChI is InChI=1S/C24H32N2O4/c1-5-29-22-14-20(13-21(23(22)28-4)19-9-7-6-8-10-19)24(27)25-11-12-26-15-17(2)30-18(3)16-26/h6-10,13-14,17-18H,5,11-12,15-16H2,1-4H3,(H,25,27)/t17-,18-/m1/s1. The molecule has 0 aromatic heterocycles. The predicted molar refractivity (Wildman–Crippen MR) is 118 cm³/mol. The number of methoxy groups -OCH3 is 1. The minimum absolute atomic E-state index is 0.120. The summed E-state index contributed by atoms with van der Waals surface area (Å²) in [7, 11) is 1.62. The monoisotopic (exact) mass is 412 g/mol. The van der Waals surface area contributed by atoms with Crippen molar-refractivity contribution in [2.75, 3.05) is 39.9 Å². The van der Waals surface area contributed by atoms with E-state index in [-0.39, 0.29) is 18.1 Å². The van der Waals surface area contributed by atoms with Gasteiger partial charge in [0.05, 0.1) is 25.9 Å². The first kappa shape index (κ1) is 22.1. The van der Waals surface area contributed by atoms with Crippen LogP contribution in [0.15, 0.2) is 42.5 Å². The molecule has 2 aromatic carbocycles. The average Bonchev–Trinajstić information content (AvgIpc) is 2.73. The van der Waals surface area contributed by atoms with E-state index in [2.05, 4.69) is 24.1 Å². The molecule has 30 heavy (non-hydrogen) atoms. The maximum absolute atomic E-state index is 12.9. The van der Waals surface area contributed by atoms with Crippen molar-refractivity contribution in [1.82, 2.24) is 10.2 Å². The van der Waals surface area contributed by atoms with Crippen molar-refractivity contribution in [3.63, 3.8) is 0 Å². The average molecular weight is 413 g/mol. The van der Waals surface area contributed by atoms with Crippen molar-refractivity contribution in [2.45, 2.75) is 33.0 Å². The van der Waals surface area contributed by atoms with Gasteiger partial charge in [0.1, 0.15) is 0 Å². The van der Waals surface area contributed by atoms with Crippen molar-refractivity contribution in [3.05, 3.63) is 48.0 Å². The fourth-order valence-corrected chi connectivity index (χ4v) is 3.94. The fourth-order valence-electron chi connectivity index (χ4n) is 3.94. The van der Waals surface area contributed by atoms with Crippen molar-refractivity contribution >= 4 is 5.91 Å². The van der Waals surface area contributed by atoms with Gasteiger partial charge >= 0.3 is 0 Å². The SMILES string of the molecule is CCOc1cc(C(=O)NCCN2C[C@@H](C)O[C@H](C)C2)cc(-c2ccccc2)c1OC. The van der Waals surface area contributed by atoms with E-state index in [0.717, 1.165) is 30.8 Å². The number of benzene rings is 2. The number of ether oxygens (including phenoxy) is 3. The molecule has 1 N–H and O–H groups in total. The molecule has 0 saturated carbocycles. The third-order valence-electron chi connectivity index (χ3n) is 5.11. The summed E-state index contributed by atoms with van der Waals surface area (Å²) < 4.78 is 17.2. The van der Waals surface area contributed by atoms with E-state index >= 15 is 0 Å². The van der Waals surface area contributed by atoms with Crippen molar-refractivity contribution in [2.24, 2.45) is 0 Å². The lowest BCUT2D eigenvalue weighted by Crippen LogP contribution is -2.47. The highest BCUT2D eigenvalue weighted by atomic mass is 16.5. The van der Waals surface area contributed by atoms with Crippen molar-refractivity contribution < 1.29 is 19.0 Å². The molecular weight excluding hydrogens is 380 g/mol. The molecule has 0 aliphatic carbocycles. The predicted octanol–water partition coefficient (Wildman–Crippen LogP) is 3.60. The number of amides is 1. The Kier molecular flexibility index (Phi) is 7.71. The van der Waals surface area contributed by atoms with Crippen LogP contribution in [-0.4, -0.2) is 62.9 Å². The quantitative estimate of drug-likeness (QED) is 0.718. The summed E-state index contributed by atoms with van der Waals surface area (Å²) in [5, 5.41) is 3.04. The molecule has 162 valence electrons. The molecule has 0 spiro atoms. The molecule has 0 unspecified atom stereocenters. The van der Waals surface area contributed by atoms with Gasteiger partial charge in [0.2, 0.25) is 0 Å². The summed E-state index contributed by atoms with van der Waals surface area (Å²) in [6, 6.07) is 13.5. The van der Waals surface area contributed by atoms with E-state index in [4.69, 9.17) is 14.2 Å². The number of hydrogen-bond donors (Lipinski definition) is 1. The summed E-state index contributed by atoms with van der Waals surface area (Å²) in [5.74, 6) is 1.09. The Morgan fingerprint density at radius 3 is 2.50 bits per heavy atom. The maximum atomic E-state index is 12.9. The van der Waals surface area contributed by atoms with Crippen LogP contribution in [0.5, 0.6) is 11.5 Å². The van der Waals surface area contributed by atoms with Crippen molar-refractivity contribution in [3.8, 4) is 22.6 Å². The van der Waals surface area contributed by atoms with E-state index in [1.165, 1.54) is 0 Å². The molecule has 6 nitrogen and oxygen atoms in total. The number of nitrogens with one attached hydrogen (secondary N) is 1. The second-order valence-corrected chi connectivity index (χ2v) is 7.63. The Hall–Kier alpha value is -2.57. The molecule has 0 radical (unpaired) electrons. The smallest absolute Gasteiger partial charge is 0.251 e. The molecule has 1 saturated heterocycles. The van der Waals surface area contributed by atoms with Gasteiger partial charge in [0.25, 0.3) is 5.91 Å².